The van der Waals surface area contributed by atoms with Crippen molar-refractivity contribution in [1.29, 1.82) is 0 Å². The third-order valence-corrected chi connectivity index (χ3v) is 3.15. The van der Waals surface area contributed by atoms with Gasteiger partial charge in [0.2, 0.25) is 0 Å². The molecule has 1 N–H and O–H groups in total. The van der Waals surface area contributed by atoms with Gasteiger partial charge in [-0.15, -0.1) is 0 Å². The van der Waals surface area contributed by atoms with Crippen LogP contribution in [0.3, 0.4) is 0 Å². The SMILES string of the molecule is CCNC(=O)[C@H](C)OC(=O)/C=C/c1cc(OC)c(OC)cc1OC. The minimum absolute atomic E-state index is 0.344. The average Bonchev–Trinajstić information content (AvgIpc) is 2.59. The van der Waals surface area contributed by atoms with Crippen LogP contribution in [0.15, 0.2) is 18.2 Å². The van der Waals surface area contributed by atoms with Crippen LogP contribution in [0.2, 0.25) is 0 Å². The standard InChI is InChI=1S/C17H23NO6/c1-6-18-17(20)11(2)24-16(19)8-7-12-9-14(22-4)15(23-5)10-13(12)21-3/h7-11H,6H2,1-5H3,(H,18,20)/b8-7+/t11-/m0/s1. The van der Waals surface area contributed by atoms with Gasteiger partial charge in [0.25, 0.3) is 5.91 Å². The Balaban J connectivity index is 2.89. The van der Waals surface area contributed by atoms with Crippen LogP contribution in [0.5, 0.6) is 17.2 Å². The Kier molecular flexibility index (Phi) is 7.61. The number of hydrogen-bond acceptors (Lipinski definition) is 6. The molecule has 0 aliphatic heterocycles. The predicted octanol–water partition coefficient (Wildman–Crippen LogP) is 1.79. The van der Waals surface area contributed by atoms with E-state index in [2.05, 4.69) is 5.32 Å². The minimum Gasteiger partial charge on any atom is -0.496 e. The molecule has 1 aromatic carbocycles. The van der Waals surface area contributed by atoms with E-state index in [1.54, 1.807) is 19.1 Å². The molecule has 1 atom stereocenters. The van der Waals surface area contributed by atoms with Gasteiger partial charge in [-0.05, 0) is 26.0 Å². The monoisotopic (exact) mass is 337 g/mol. The Labute approximate surface area is 141 Å². The van der Waals surface area contributed by atoms with Gasteiger partial charge in [-0.25, -0.2) is 4.79 Å². The van der Waals surface area contributed by atoms with Crippen LogP contribution >= 0.6 is 0 Å². The lowest BCUT2D eigenvalue weighted by Crippen LogP contribution is -2.35. The maximum Gasteiger partial charge on any atom is 0.331 e. The quantitative estimate of drug-likeness (QED) is 0.575. The van der Waals surface area contributed by atoms with Crippen molar-refractivity contribution in [2.45, 2.75) is 20.0 Å². The highest BCUT2D eigenvalue weighted by Crippen LogP contribution is 2.35. The van der Waals surface area contributed by atoms with Gasteiger partial charge < -0.3 is 24.3 Å². The summed E-state index contributed by atoms with van der Waals surface area (Å²) in [6.45, 7) is 3.77. The van der Waals surface area contributed by atoms with Crippen LogP contribution in [0, 0.1) is 0 Å². The van der Waals surface area contributed by atoms with Crippen molar-refractivity contribution >= 4 is 18.0 Å². The summed E-state index contributed by atoms with van der Waals surface area (Å²) < 4.78 is 20.7. The number of hydrogen-bond donors (Lipinski definition) is 1. The van der Waals surface area contributed by atoms with Crippen molar-refractivity contribution < 1.29 is 28.5 Å². The third kappa shape index (κ3) is 5.19. The summed E-state index contributed by atoms with van der Waals surface area (Å²) in [5.74, 6) is 0.544. The first-order chi connectivity index (χ1) is 11.5. The summed E-state index contributed by atoms with van der Waals surface area (Å²) in [6.07, 6.45) is 1.88. The van der Waals surface area contributed by atoms with Crippen molar-refractivity contribution in [1.82, 2.24) is 5.32 Å². The van der Waals surface area contributed by atoms with E-state index in [-0.39, 0.29) is 5.91 Å². The largest absolute Gasteiger partial charge is 0.496 e. The number of nitrogens with one attached hydrogen (secondary N) is 1. The normalized spacial score (nSPS) is 11.7. The molecule has 1 rings (SSSR count). The molecule has 1 aromatic rings. The molecule has 7 heteroatoms. The lowest BCUT2D eigenvalue weighted by atomic mass is 10.1. The van der Waals surface area contributed by atoms with Crippen molar-refractivity contribution in [3.8, 4) is 17.2 Å². The highest BCUT2D eigenvalue weighted by atomic mass is 16.5. The number of carbonyl (C=O) groups excluding carboxylic acids is 2. The van der Waals surface area contributed by atoms with E-state index >= 15 is 0 Å². The maximum atomic E-state index is 11.8. The fraction of sp³-hybridized carbons (Fsp3) is 0.412. The number of esters is 1. The van der Waals surface area contributed by atoms with Crippen molar-refractivity contribution in [2.75, 3.05) is 27.9 Å². The summed E-state index contributed by atoms with van der Waals surface area (Å²) in [4.78, 5) is 23.4. The minimum atomic E-state index is -0.866. The molecule has 0 fully saturated rings. The van der Waals surface area contributed by atoms with Crippen molar-refractivity contribution in [3.63, 3.8) is 0 Å². The molecule has 0 unspecified atom stereocenters. The zero-order valence-corrected chi connectivity index (χ0v) is 14.5. The number of likely N-dealkylation sites (N-methyl/N-ethyl adjacent to an activating group) is 1. The highest BCUT2D eigenvalue weighted by molar-refractivity contribution is 5.90. The smallest absolute Gasteiger partial charge is 0.331 e. The molecule has 0 bridgehead atoms. The Morgan fingerprint density at radius 1 is 1.08 bits per heavy atom. The second kappa shape index (κ2) is 9.44. The predicted molar refractivity (Wildman–Crippen MR) is 89.4 cm³/mol. The van der Waals surface area contributed by atoms with Gasteiger partial charge in [-0.3, -0.25) is 4.79 Å². The number of amides is 1. The fourth-order valence-electron chi connectivity index (χ4n) is 1.93. The molecular formula is C17H23NO6. The van der Waals surface area contributed by atoms with Crippen molar-refractivity contribution in [3.05, 3.63) is 23.8 Å². The van der Waals surface area contributed by atoms with E-state index in [1.807, 2.05) is 0 Å². The van der Waals surface area contributed by atoms with Gasteiger partial charge in [0.1, 0.15) is 5.75 Å². The number of methoxy groups -OCH3 is 3. The van der Waals surface area contributed by atoms with Crippen LogP contribution in [0.25, 0.3) is 6.08 Å². The Bertz CT molecular complexity index is 611. The van der Waals surface area contributed by atoms with E-state index in [4.69, 9.17) is 18.9 Å². The molecule has 0 radical (unpaired) electrons. The maximum absolute atomic E-state index is 11.8. The average molecular weight is 337 g/mol. The van der Waals surface area contributed by atoms with Gasteiger partial charge in [-0.2, -0.15) is 0 Å². The molecule has 0 aliphatic rings. The molecule has 0 heterocycles. The van der Waals surface area contributed by atoms with Crippen LogP contribution in [-0.2, 0) is 14.3 Å². The van der Waals surface area contributed by atoms with Crippen LogP contribution in [0.4, 0.5) is 0 Å². The van der Waals surface area contributed by atoms with Gasteiger partial charge in [0.15, 0.2) is 17.6 Å². The number of benzene rings is 1. The highest BCUT2D eigenvalue weighted by Gasteiger charge is 2.15. The molecule has 0 spiro atoms. The van der Waals surface area contributed by atoms with E-state index in [1.165, 1.54) is 40.4 Å². The summed E-state index contributed by atoms with van der Waals surface area (Å²) in [5, 5.41) is 2.58. The van der Waals surface area contributed by atoms with Crippen LogP contribution < -0.4 is 19.5 Å². The van der Waals surface area contributed by atoms with Crippen LogP contribution in [-0.4, -0.2) is 45.9 Å². The summed E-state index contributed by atoms with van der Waals surface area (Å²) in [5.41, 5.74) is 0.609. The van der Waals surface area contributed by atoms with Gasteiger partial charge >= 0.3 is 5.97 Å². The molecule has 7 nitrogen and oxygen atoms in total. The lowest BCUT2D eigenvalue weighted by molar-refractivity contribution is -0.150. The topological polar surface area (TPSA) is 83.1 Å². The zero-order valence-electron chi connectivity index (χ0n) is 14.5. The first-order valence-corrected chi connectivity index (χ1v) is 7.43. The van der Waals surface area contributed by atoms with Crippen LogP contribution in [0.1, 0.15) is 19.4 Å². The molecule has 0 aliphatic carbocycles. The van der Waals surface area contributed by atoms with E-state index in [9.17, 15) is 9.59 Å². The molecule has 0 saturated heterocycles. The van der Waals surface area contributed by atoms with E-state index in [0.29, 0.717) is 29.4 Å². The van der Waals surface area contributed by atoms with Gasteiger partial charge in [-0.1, -0.05) is 0 Å². The second-order valence-corrected chi connectivity index (χ2v) is 4.76. The fourth-order valence-corrected chi connectivity index (χ4v) is 1.93. The van der Waals surface area contributed by atoms with E-state index < -0.39 is 12.1 Å². The van der Waals surface area contributed by atoms with E-state index in [0.717, 1.165) is 0 Å². The number of ether oxygens (including phenoxy) is 4. The zero-order chi connectivity index (χ0) is 18.1. The molecular weight excluding hydrogens is 314 g/mol. The first-order valence-electron chi connectivity index (χ1n) is 7.43. The Hall–Kier alpha value is -2.70. The van der Waals surface area contributed by atoms with Gasteiger partial charge in [0, 0.05) is 24.3 Å². The van der Waals surface area contributed by atoms with Crippen molar-refractivity contribution in [2.24, 2.45) is 0 Å². The lowest BCUT2D eigenvalue weighted by Gasteiger charge is -2.12. The molecule has 24 heavy (non-hydrogen) atoms. The summed E-state index contributed by atoms with van der Waals surface area (Å²) in [7, 11) is 4.54. The molecule has 1 amide bonds. The molecule has 132 valence electrons. The second-order valence-electron chi connectivity index (χ2n) is 4.76. The Morgan fingerprint density at radius 3 is 2.21 bits per heavy atom. The first kappa shape index (κ1) is 19.3. The van der Waals surface area contributed by atoms with Gasteiger partial charge in [0.05, 0.1) is 21.3 Å². The summed E-state index contributed by atoms with van der Waals surface area (Å²) in [6, 6.07) is 3.33. The third-order valence-electron chi connectivity index (χ3n) is 3.15. The number of rotatable bonds is 8. The Morgan fingerprint density at radius 2 is 1.67 bits per heavy atom. The molecule has 0 aromatic heterocycles. The summed E-state index contributed by atoms with van der Waals surface area (Å²) >= 11 is 0. The number of carbonyl (C=O) groups is 2. The molecule has 0 saturated carbocycles.